The summed E-state index contributed by atoms with van der Waals surface area (Å²) in [5, 5.41) is 9.92. The second kappa shape index (κ2) is 6.76. The first-order valence-electron chi connectivity index (χ1n) is 6.70. The molecule has 2 rings (SSSR count). The molecule has 0 bridgehead atoms. The molecule has 1 atom stereocenters. The van der Waals surface area contributed by atoms with Crippen molar-refractivity contribution in [3.63, 3.8) is 0 Å². The lowest BCUT2D eigenvalue weighted by Crippen LogP contribution is -2.24. The monoisotopic (exact) mass is 300 g/mol. The van der Waals surface area contributed by atoms with Crippen LogP contribution >= 0.6 is 0 Å². The first kappa shape index (κ1) is 15.6. The lowest BCUT2D eigenvalue weighted by molar-refractivity contribution is 0.0315. The number of phenols is 1. The fourth-order valence-corrected chi connectivity index (χ4v) is 1.97. The van der Waals surface area contributed by atoms with Crippen LogP contribution in [0, 0.1) is 0 Å². The number of benzene rings is 2. The molecule has 0 saturated carbocycles. The van der Waals surface area contributed by atoms with Gasteiger partial charge >= 0.3 is 5.97 Å². The molecule has 2 aromatic rings. The highest BCUT2D eigenvalue weighted by Crippen LogP contribution is 2.30. The molecule has 0 spiro atoms. The Morgan fingerprint density at radius 1 is 1.05 bits per heavy atom. The third-order valence-corrected chi connectivity index (χ3v) is 3.15. The van der Waals surface area contributed by atoms with Gasteiger partial charge in [-0.25, -0.2) is 4.79 Å². The number of para-hydroxylation sites is 1. The molecule has 0 radical (unpaired) electrons. The first-order valence-corrected chi connectivity index (χ1v) is 6.70. The zero-order valence-electron chi connectivity index (χ0n) is 12.3. The topological polar surface area (TPSA) is 72.8 Å². The van der Waals surface area contributed by atoms with Gasteiger partial charge in [0.15, 0.2) is 17.6 Å². The summed E-state index contributed by atoms with van der Waals surface area (Å²) in [4.78, 5) is 24.2. The summed E-state index contributed by atoms with van der Waals surface area (Å²) in [5.41, 5.74) is 0.407. The van der Waals surface area contributed by atoms with Crippen LogP contribution in [0.5, 0.6) is 11.5 Å². The van der Waals surface area contributed by atoms with Gasteiger partial charge in [-0.15, -0.1) is 0 Å². The summed E-state index contributed by atoms with van der Waals surface area (Å²) in [7, 11) is 1.38. The van der Waals surface area contributed by atoms with Crippen LogP contribution in [0.25, 0.3) is 0 Å². The van der Waals surface area contributed by atoms with Crippen molar-refractivity contribution in [3.05, 3.63) is 59.7 Å². The van der Waals surface area contributed by atoms with Crippen LogP contribution in [0.2, 0.25) is 0 Å². The van der Waals surface area contributed by atoms with Gasteiger partial charge in [0, 0.05) is 5.56 Å². The predicted octanol–water partition coefficient (Wildman–Crippen LogP) is 2.83. The molecule has 0 aliphatic rings. The summed E-state index contributed by atoms with van der Waals surface area (Å²) in [6, 6.07) is 13.0. The molecular formula is C17H16O5. The summed E-state index contributed by atoms with van der Waals surface area (Å²) in [5.74, 6) is -1.24. The van der Waals surface area contributed by atoms with Gasteiger partial charge in [0.25, 0.3) is 0 Å². The molecule has 5 nitrogen and oxygen atoms in total. The molecule has 2 aromatic carbocycles. The van der Waals surface area contributed by atoms with E-state index in [1.807, 2.05) is 0 Å². The quantitative estimate of drug-likeness (QED) is 0.679. The van der Waals surface area contributed by atoms with E-state index in [0.717, 1.165) is 0 Å². The number of esters is 1. The van der Waals surface area contributed by atoms with Crippen molar-refractivity contribution in [1.29, 1.82) is 0 Å². The molecule has 5 heteroatoms. The average molecular weight is 300 g/mol. The smallest absolute Gasteiger partial charge is 0.342 e. The maximum atomic E-state index is 12.2. The van der Waals surface area contributed by atoms with Crippen LogP contribution in [-0.4, -0.2) is 30.1 Å². The molecule has 0 aromatic heterocycles. The molecule has 0 saturated heterocycles. The van der Waals surface area contributed by atoms with Crippen LogP contribution < -0.4 is 4.74 Å². The Hall–Kier alpha value is -2.82. The van der Waals surface area contributed by atoms with Gasteiger partial charge in [-0.1, -0.05) is 36.4 Å². The standard InChI is InChI=1S/C17H16O5/c1-11(15(18)12-7-4-3-5-8-12)22-17(20)13-9-6-10-14(21-2)16(13)19/h3-11,19H,1-2H3/t11-/m1/s1. The van der Waals surface area contributed by atoms with Gasteiger partial charge in [0.1, 0.15) is 5.56 Å². The minimum atomic E-state index is -0.958. The number of Topliss-reactive ketones (excluding diaryl/α,β-unsaturated/α-hetero) is 1. The van der Waals surface area contributed by atoms with Gasteiger partial charge in [-0.05, 0) is 19.1 Å². The highest BCUT2D eigenvalue weighted by atomic mass is 16.5. The molecule has 0 aliphatic carbocycles. The van der Waals surface area contributed by atoms with Gasteiger partial charge in [0.2, 0.25) is 5.78 Å². The SMILES string of the molecule is COc1cccc(C(=O)O[C@H](C)C(=O)c2ccccc2)c1O. The number of phenolic OH excluding ortho intramolecular Hbond substituents is 1. The van der Waals surface area contributed by atoms with Crippen molar-refractivity contribution in [2.45, 2.75) is 13.0 Å². The number of aromatic hydroxyl groups is 1. The van der Waals surface area contributed by atoms with E-state index >= 15 is 0 Å². The van der Waals surface area contributed by atoms with Crippen molar-refractivity contribution < 1.29 is 24.2 Å². The Morgan fingerprint density at radius 2 is 1.73 bits per heavy atom. The molecular weight excluding hydrogens is 284 g/mol. The lowest BCUT2D eigenvalue weighted by Gasteiger charge is -2.13. The minimum absolute atomic E-state index is 0.0490. The van der Waals surface area contributed by atoms with E-state index in [9.17, 15) is 14.7 Å². The van der Waals surface area contributed by atoms with Crippen molar-refractivity contribution >= 4 is 11.8 Å². The Balaban J connectivity index is 2.14. The first-order chi connectivity index (χ1) is 10.5. The molecule has 0 amide bonds. The van der Waals surface area contributed by atoms with E-state index in [-0.39, 0.29) is 22.8 Å². The Kier molecular flexibility index (Phi) is 4.78. The summed E-state index contributed by atoms with van der Waals surface area (Å²) >= 11 is 0. The van der Waals surface area contributed by atoms with Crippen molar-refractivity contribution in [2.75, 3.05) is 7.11 Å². The number of methoxy groups -OCH3 is 1. The Morgan fingerprint density at radius 3 is 2.36 bits per heavy atom. The van der Waals surface area contributed by atoms with Crippen LogP contribution in [0.1, 0.15) is 27.6 Å². The van der Waals surface area contributed by atoms with E-state index < -0.39 is 12.1 Å². The fourth-order valence-electron chi connectivity index (χ4n) is 1.97. The number of hydrogen-bond acceptors (Lipinski definition) is 5. The van der Waals surface area contributed by atoms with Crippen LogP contribution in [0.3, 0.4) is 0 Å². The molecule has 22 heavy (non-hydrogen) atoms. The maximum Gasteiger partial charge on any atom is 0.342 e. The molecule has 0 fully saturated rings. The second-order valence-corrected chi connectivity index (χ2v) is 4.63. The van der Waals surface area contributed by atoms with Gasteiger partial charge < -0.3 is 14.6 Å². The zero-order valence-corrected chi connectivity index (χ0v) is 12.3. The summed E-state index contributed by atoms with van der Waals surface area (Å²) in [6.45, 7) is 1.49. The van der Waals surface area contributed by atoms with Gasteiger partial charge in [0.05, 0.1) is 7.11 Å². The second-order valence-electron chi connectivity index (χ2n) is 4.63. The number of carbonyl (C=O) groups is 2. The maximum absolute atomic E-state index is 12.2. The Labute approximate surface area is 128 Å². The molecule has 0 heterocycles. The number of ether oxygens (including phenoxy) is 2. The van der Waals surface area contributed by atoms with Crippen LogP contribution in [0.4, 0.5) is 0 Å². The van der Waals surface area contributed by atoms with Crippen LogP contribution in [0.15, 0.2) is 48.5 Å². The largest absolute Gasteiger partial charge is 0.504 e. The number of rotatable bonds is 5. The van der Waals surface area contributed by atoms with E-state index in [0.29, 0.717) is 5.56 Å². The summed E-state index contributed by atoms with van der Waals surface area (Å²) in [6.07, 6.45) is -0.958. The predicted molar refractivity (Wildman–Crippen MR) is 80.3 cm³/mol. The fraction of sp³-hybridized carbons (Fsp3) is 0.176. The molecule has 0 aliphatic heterocycles. The van der Waals surface area contributed by atoms with E-state index in [2.05, 4.69) is 0 Å². The van der Waals surface area contributed by atoms with Gasteiger partial charge in [-0.2, -0.15) is 0 Å². The van der Waals surface area contributed by atoms with Crippen molar-refractivity contribution in [2.24, 2.45) is 0 Å². The summed E-state index contributed by atoms with van der Waals surface area (Å²) < 4.78 is 10.1. The molecule has 0 unspecified atom stereocenters. The average Bonchev–Trinajstić information content (AvgIpc) is 2.55. The normalized spacial score (nSPS) is 11.5. The highest BCUT2D eigenvalue weighted by molar-refractivity contribution is 6.02. The minimum Gasteiger partial charge on any atom is -0.504 e. The number of hydrogen-bond donors (Lipinski definition) is 1. The van der Waals surface area contributed by atoms with Gasteiger partial charge in [-0.3, -0.25) is 4.79 Å². The Bertz CT molecular complexity index is 679. The van der Waals surface area contributed by atoms with E-state index in [4.69, 9.17) is 9.47 Å². The third kappa shape index (κ3) is 3.25. The number of ketones is 1. The van der Waals surface area contributed by atoms with E-state index in [1.165, 1.54) is 26.2 Å². The van der Waals surface area contributed by atoms with Crippen molar-refractivity contribution in [3.8, 4) is 11.5 Å². The highest BCUT2D eigenvalue weighted by Gasteiger charge is 2.23. The van der Waals surface area contributed by atoms with E-state index in [1.54, 1.807) is 36.4 Å². The number of carbonyl (C=O) groups excluding carboxylic acids is 2. The lowest BCUT2D eigenvalue weighted by atomic mass is 10.1. The molecule has 114 valence electrons. The van der Waals surface area contributed by atoms with Crippen LogP contribution in [-0.2, 0) is 4.74 Å². The zero-order chi connectivity index (χ0) is 16.1. The molecule has 1 N–H and O–H groups in total. The third-order valence-electron chi connectivity index (χ3n) is 3.15. The van der Waals surface area contributed by atoms with Crippen molar-refractivity contribution in [1.82, 2.24) is 0 Å².